The molecule has 0 saturated heterocycles. The molecule has 10 N–H and O–H groups in total. The molecule has 0 aliphatic rings. The maximum atomic E-state index is 12.9. The average molecular weight is 524 g/mol. The van der Waals surface area contributed by atoms with Gasteiger partial charge < -0.3 is 38.3 Å². The van der Waals surface area contributed by atoms with Crippen LogP contribution in [0.5, 0.6) is 0 Å². The van der Waals surface area contributed by atoms with Gasteiger partial charge in [0.1, 0.15) is 18.1 Å². The minimum atomic E-state index is -1.20. The molecule has 0 aromatic heterocycles. The first-order chi connectivity index (χ1) is 17.0. The van der Waals surface area contributed by atoms with Crippen LogP contribution in [-0.2, 0) is 25.6 Å². The van der Waals surface area contributed by atoms with E-state index < -0.39 is 47.9 Å². The summed E-state index contributed by atoms with van der Waals surface area (Å²) in [5.41, 5.74) is 17.1. The predicted octanol–water partition coefficient (Wildman–Crippen LogP) is -1.27. The summed E-state index contributed by atoms with van der Waals surface area (Å²) in [7, 11) is 0. The number of benzene rings is 1. The molecule has 0 spiro atoms. The number of thiol groups is 1. The highest BCUT2D eigenvalue weighted by Gasteiger charge is 2.31. The number of carbonyl (C=O) groups excluding carboxylic acids is 3. The first-order valence-electron chi connectivity index (χ1n) is 11.6. The Kier molecular flexibility index (Phi) is 13.3. The fourth-order valence-electron chi connectivity index (χ4n) is 3.22. The van der Waals surface area contributed by atoms with E-state index >= 15 is 0 Å². The molecule has 4 atom stereocenters. The second kappa shape index (κ2) is 15.6. The summed E-state index contributed by atoms with van der Waals surface area (Å²) in [6, 6.07) is 4.69. The number of hydrogen-bond donors (Lipinski definition) is 8. The number of nitrogens with zero attached hydrogens (tertiary/aromatic N) is 1. The van der Waals surface area contributed by atoms with Crippen LogP contribution in [-0.4, -0.2) is 71.2 Å². The zero-order chi connectivity index (χ0) is 27.3. The Morgan fingerprint density at radius 3 is 2.11 bits per heavy atom. The zero-order valence-corrected chi connectivity index (χ0v) is 21.4. The molecular formula is C23H37N7O5S. The van der Waals surface area contributed by atoms with Gasteiger partial charge in [0.2, 0.25) is 17.7 Å². The van der Waals surface area contributed by atoms with Crippen LogP contribution in [0, 0.1) is 5.92 Å². The summed E-state index contributed by atoms with van der Waals surface area (Å²) in [4.78, 5) is 53.7. The third-order valence-electron chi connectivity index (χ3n) is 5.26. The monoisotopic (exact) mass is 523 g/mol. The summed E-state index contributed by atoms with van der Waals surface area (Å²) >= 11 is 4.13. The molecule has 1 rings (SSSR count). The lowest BCUT2D eigenvalue weighted by Crippen LogP contribution is -2.59. The minimum Gasteiger partial charge on any atom is -0.480 e. The van der Waals surface area contributed by atoms with Gasteiger partial charge >= 0.3 is 5.97 Å². The number of aliphatic carboxylic acids is 1. The van der Waals surface area contributed by atoms with E-state index in [-0.39, 0.29) is 24.1 Å². The lowest BCUT2D eigenvalue weighted by atomic mass is 10.0. The van der Waals surface area contributed by atoms with E-state index in [1.54, 1.807) is 44.2 Å². The van der Waals surface area contributed by atoms with Crippen molar-refractivity contribution in [2.75, 3.05) is 12.3 Å². The molecule has 0 saturated carbocycles. The molecule has 1 aromatic rings. The van der Waals surface area contributed by atoms with Gasteiger partial charge in [0.25, 0.3) is 0 Å². The van der Waals surface area contributed by atoms with Crippen LogP contribution in [0.4, 0.5) is 0 Å². The van der Waals surface area contributed by atoms with Crippen LogP contribution < -0.4 is 33.2 Å². The van der Waals surface area contributed by atoms with Crippen molar-refractivity contribution in [3.8, 4) is 0 Å². The Labute approximate surface area is 216 Å². The molecule has 0 aliphatic carbocycles. The van der Waals surface area contributed by atoms with E-state index in [0.717, 1.165) is 5.56 Å². The number of carboxylic acids is 1. The van der Waals surface area contributed by atoms with Crippen LogP contribution >= 0.6 is 12.6 Å². The molecule has 0 aliphatic heterocycles. The van der Waals surface area contributed by atoms with Crippen molar-refractivity contribution in [3.63, 3.8) is 0 Å². The van der Waals surface area contributed by atoms with E-state index in [1.165, 1.54) is 0 Å². The summed E-state index contributed by atoms with van der Waals surface area (Å²) < 4.78 is 0. The van der Waals surface area contributed by atoms with Crippen LogP contribution in [0.3, 0.4) is 0 Å². The van der Waals surface area contributed by atoms with Gasteiger partial charge in [0.15, 0.2) is 5.96 Å². The van der Waals surface area contributed by atoms with Crippen molar-refractivity contribution in [2.24, 2.45) is 28.1 Å². The normalized spacial score (nSPS) is 14.1. The van der Waals surface area contributed by atoms with Gasteiger partial charge in [-0.1, -0.05) is 44.2 Å². The number of nitrogens with one attached hydrogen (secondary N) is 3. The highest BCUT2D eigenvalue weighted by molar-refractivity contribution is 7.80. The molecule has 12 nitrogen and oxygen atoms in total. The molecule has 3 amide bonds. The van der Waals surface area contributed by atoms with Crippen LogP contribution in [0.2, 0.25) is 0 Å². The van der Waals surface area contributed by atoms with E-state index in [1.807, 2.05) is 0 Å². The Morgan fingerprint density at radius 2 is 1.58 bits per heavy atom. The number of guanidine groups is 1. The van der Waals surface area contributed by atoms with Gasteiger partial charge in [0, 0.05) is 18.7 Å². The van der Waals surface area contributed by atoms with Gasteiger partial charge in [-0.3, -0.25) is 19.4 Å². The van der Waals surface area contributed by atoms with Crippen molar-refractivity contribution in [1.82, 2.24) is 16.0 Å². The molecule has 200 valence electrons. The number of rotatable bonds is 15. The van der Waals surface area contributed by atoms with Crippen LogP contribution in [0.25, 0.3) is 0 Å². The van der Waals surface area contributed by atoms with E-state index in [2.05, 4.69) is 33.6 Å². The summed E-state index contributed by atoms with van der Waals surface area (Å²) in [5.74, 6) is -3.52. The lowest BCUT2D eigenvalue weighted by molar-refractivity contribution is -0.142. The number of nitrogens with two attached hydrogens (primary N) is 3. The molecule has 36 heavy (non-hydrogen) atoms. The molecule has 0 fully saturated rings. The molecule has 13 heteroatoms. The topological polar surface area (TPSA) is 215 Å². The highest BCUT2D eigenvalue weighted by Crippen LogP contribution is 2.07. The molecule has 4 unspecified atom stereocenters. The summed E-state index contributed by atoms with van der Waals surface area (Å²) in [5, 5.41) is 17.2. The quantitative estimate of drug-likeness (QED) is 0.0599. The largest absolute Gasteiger partial charge is 0.480 e. The van der Waals surface area contributed by atoms with E-state index in [9.17, 15) is 24.3 Å². The molecule has 0 radical (unpaired) electrons. The van der Waals surface area contributed by atoms with Crippen molar-refractivity contribution in [2.45, 2.75) is 57.3 Å². The standard InChI is InChI=1S/C23H37N7O5S/c1-13(2)18(21(33)28-16(22(34)35)11-14-7-4-3-5-8-14)30-20(32)17(12-36)29-19(31)15(24)9-6-10-27-23(25)26/h3-5,7-8,13,15-18,36H,6,9-12,24H2,1-2H3,(H,28,33)(H,29,31)(H,30,32)(H,34,35)(H4,25,26,27). The van der Waals surface area contributed by atoms with Gasteiger partial charge in [-0.15, -0.1) is 0 Å². The Morgan fingerprint density at radius 1 is 0.972 bits per heavy atom. The molecular weight excluding hydrogens is 486 g/mol. The number of hydrogen-bond acceptors (Lipinski definition) is 7. The fraction of sp³-hybridized carbons (Fsp3) is 0.522. The van der Waals surface area contributed by atoms with Gasteiger partial charge in [0.05, 0.1) is 6.04 Å². The summed E-state index contributed by atoms with van der Waals surface area (Å²) in [6.45, 7) is 3.73. The highest BCUT2D eigenvalue weighted by atomic mass is 32.1. The average Bonchev–Trinajstić information content (AvgIpc) is 2.82. The van der Waals surface area contributed by atoms with Crippen molar-refractivity contribution >= 4 is 42.3 Å². The zero-order valence-electron chi connectivity index (χ0n) is 20.5. The third kappa shape index (κ3) is 11.0. The first kappa shape index (κ1) is 30.7. The maximum absolute atomic E-state index is 12.9. The van der Waals surface area contributed by atoms with Crippen LogP contribution in [0.15, 0.2) is 35.3 Å². The van der Waals surface area contributed by atoms with E-state index in [4.69, 9.17) is 17.2 Å². The van der Waals surface area contributed by atoms with Gasteiger partial charge in [-0.05, 0) is 24.3 Å². The van der Waals surface area contributed by atoms with Crippen molar-refractivity contribution in [1.29, 1.82) is 0 Å². The van der Waals surface area contributed by atoms with Crippen molar-refractivity contribution in [3.05, 3.63) is 35.9 Å². The Hall–Kier alpha value is -3.32. The SMILES string of the molecule is CC(C)C(NC(=O)C(CS)NC(=O)C(N)CCCN=C(N)N)C(=O)NC(Cc1ccccc1)C(=O)O. The van der Waals surface area contributed by atoms with E-state index in [0.29, 0.717) is 19.4 Å². The minimum absolute atomic E-state index is 0.0452. The van der Waals surface area contributed by atoms with Gasteiger partial charge in [-0.25, -0.2) is 4.79 Å². The molecule has 1 aromatic carbocycles. The number of aliphatic imine (C=N–C) groups is 1. The van der Waals surface area contributed by atoms with Gasteiger partial charge in [-0.2, -0.15) is 12.6 Å². The smallest absolute Gasteiger partial charge is 0.326 e. The van der Waals surface area contributed by atoms with Crippen molar-refractivity contribution < 1.29 is 24.3 Å². The maximum Gasteiger partial charge on any atom is 0.326 e. The number of amides is 3. The van der Waals surface area contributed by atoms with Crippen LogP contribution in [0.1, 0.15) is 32.3 Å². The summed E-state index contributed by atoms with van der Waals surface area (Å²) in [6.07, 6.45) is 0.836. The second-order valence-corrected chi connectivity index (χ2v) is 8.98. The number of carboxylic acid groups (broad SMARTS) is 1. The molecule has 0 heterocycles. The Balaban J connectivity index is 2.77. The third-order valence-corrected chi connectivity index (χ3v) is 5.63. The second-order valence-electron chi connectivity index (χ2n) is 8.62. The Bertz CT molecular complexity index is 909. The lowest BCUT2D eigenvalue weighted by Gasteiger charge is -2.26. The predicted molar refractivity (Wildman–Crippen MR) is 140 cm³/mol. The fourth-order valence-corrected chi connectivity index (χ4v) is 3.48. The molecule has 0 bridgehead atoms. The number of carbonyl (C=O) groups is 4. The first-order valence-corrected chi connectivity index (χ1v) is 12.2.